The Kier molecular flexibility index (Phi) is 17.2. The first-order chi connectivity index (χ1) is 11.8. The first kappa shape index (κ1) is 28.1. The van der Waals surface area contributed by atoms with Crippen molar-refractivity contribution >= 4 is 40.0 Å². The minimum atomic E-state index is -3.22. The van der Waals surface area contributed by atoms with Gasteiger partial charge < -0.3 is 15.4 Å². The second kappa shape index (κ2) is 15.9. The highest BCUT2D eigenvalue weighted by Crippen LogP contribution is 2.10. The summed E-state index contributed by atoms with van der Waals surface area (Å²) in [6.07, 6.45) is 1.04. The maximum Gasteiger partial charge on any atom is 0.215 e. The highest BCUT2D eigenvalue weighted by atomic mass is 127. The molecule has 0 aliphatic heterocycles. The molecule has 2 N–H and O–H groups in total. The minimum Gasteiger partial charge on any atom is -0.378 e. The zero-order valence-corrected chi connectivity index (χ0v) is 20.4. The van der Waals surface area contributed by atoms with Crippen LogP contribution in [0.5, 0.6) is 0 Å². The maximum absolute atomic E-state index is 12.2. The number of halogens is 1. The number of nitrogens with zero attached hydrogens (tertiary/aromatic N) is 2. The molecule has 0 aliphatic rings. The Labute approximate surface area is 177 Å². The molecule has 26 heavy (non-hydrogen) atoms. The van der Waals surface area contributed by atoms with Crippen molar-refractivity contribution in [2.45, 2.75) is 54.1 Å². The SMILES string of the molecule is CCNC(=NCCC(OCC)C(C)C)NCCS(=O)(=O)N(CC)CC.I. The van der Waals surface area contributed by atoms with Gasteiger partial charge in [0.15, 0.2) is 5.96 Å². The summed E-state index contributed by atoms with van der Waals surface area (Å²) in [7, 11) is -3.22. The van der Waals surface area contributed by atoms with Crippen molar-refractivity contribution in [2.24, 2.45) is 10.9 Å². The Bertz CT molecular complexity index is 469. The van der Waals surface area contributed by atoms with E-state index in [0.29, 0.717) is 44.7 Å². The van der Waals surface area contributed by atoms with Crippen LogP contribution in [0.4, 0.5) is 0 Å². The summed E-state index contributed by atoms with van der Waals surface area (Å²) < 4.78 is 31.6. The lowest BCUT2D eigenvalue weighted by Crippen LogP contribution is -2.42. The summed E-state index contributed by atoms with van der Waals surface area (Å²) in [4.78, 5) is 4.53. The summed E-state index contributed by atoms with van der Waals surface area (Å²) in [5.41, 5.74) is 0. The van der Waals surface area contributed by atoms with Crippen LogP contribution >= 0.6 is 24.0 Å². The van der Waals surface area contributed by atoms with Gasteiger partial charge in [-0.2, -0.15) is 0 Å². The number of aliphatic imine (C=N–C) groups is 1. The van der Waals surface area contributed by atoms with E-state index < -0.39 is 10.0 Å². The van der Waals surface area contributed by atoms with Crippen LogP contribution in [0.3, 0.4) is 0 Å². The molecule has 0 aliphatic carbocycles. The van der Waals surface area contributed by atoms with Gasteiger partial charge in [0.05, 0.1) is 11.9 Å². The quantitative estimate of drug-likeness (QED) is 0.228. The molecule has 0 saturated carbocycles. The van der Waals surface area contributed by atoms with E-state index in [9.17, 15) is 8.42 Å². The van der Waals surface area contributed by atoms with Gasteiger partial charge in [-0.1, -0.05) is 27.7 Å². The molecule has 0 aromatic rings. The van der Waals surface area contributed by atoms with E-state index >= 15 is 0 Å². The third-order valence-electron chi connectivity index (χ3n) is 3.90. The lowest BCUT2D eigenvalue weighted by Gasteiger charge is -2.20. The minimum absolute atomic E-state index is 0. The highest BCUT2D eigenvalue weighted by Gasteiger charge is 2.18. The van der Waals surface area contributed by atoms with Crippen LogP contribution in [-0.4, -0.2) is 69.9 Å². The second-order valence-corrected chi connectivity index (χ2v) is 8.20. The van der Waals surface area contributed by atoms with Crippen LogP contribution in [0, 0.1) is 5.92 Å². The molecule has 0 spiro atoms. The lowest BCUT2D eigenvalue weighted by molar-refractivity contribution is 0.0266. The van der Waals surface area contributed by atoms with Gasteiger partial charge in [0, 0.05) is 39.3 Å². The molecule has 9 heteroatoms. The molecule has 0 rings (SSSR count). The Morgan fingerprint density at radius 2 is 1.73 bits per heavy atom. The normalized spacial score (nSPS) is 13.6. The first-order valence-electron chi connectivity index (χ1n) is 9.43. The van der Waals surface area contributed by atoms with Crippen molar-refractivity contribution in [3.63, 3.8) is 0 Å². The maximum atomic E-state index is 12.2. The average Bonchev–Trinajstić information content (AvgIpc) is 2.54. The van der Waals surface area contributed by atoms with Crippen molar-refractivity contribution in [3.8, 4) is 0 Å². The molecule has 0 amide bonds. The van der Waals surface area contributed by atoms with Gasteiger partial charge in [-0.3, -0.25) is 4.99 Å². The Morgan fingerprint density at radius 1 is 1.12 bits per heavy atom. The van der Waals surface area contributed by atoms with E-state index in [4.69, 9.17) is 4.74 Å². The topological polar surface area (TPSA) is 83.0 Å². The van der Waals surface area contributed by atoms with Crippen LogP contribution in [0.1, 0.15) is 48.0 Å². The number of hydrogen-bond acceptors (Lipinski definition) is 4. The Morgan fingerprint density at radius 3 is 2.19 bits per heavy atom. The fraction of sp³-hybridized carbons (Fsp3) is 0.941. The molecule has 0 bridgehead atoms. The average molecular weight is 506 g/mol. The molecule has 0 aromatic heterocycles. The van der Waals surface area contributed by atoms with Gasteiger partial charge in [0.1, 0.15) is 0 Å². The fourth-order valence-electron chi connectivity index (χ4n) is 2.51. The Balaban J connectivity index is 0. The summed E-state index contributed by atoms with van der Waals surface area (Å²) in [5, 5.41) is 6.26. The first-order valence-corrected chi connectivity index (χ1v) is 11.0. The molecular formula is C17H39IN4O3S. The summed E-state index contributed by atoms with van der Waals surface area (Å²) >= 11 is 0. The van der Waals surface area contributed by atoms with Crippen LogP contribution in [-0.2, 0) is 14.8 Å². The molecular weight excluding hydrogens is 467 g/mol. The van der Waals surface area contributed by atoms with Crippen molar-refractivity contribution in [2.75, 3.05) is 45.1 Å². The molecule has 1 unspecified atom stereocenters. The molecule has 0 saturated heterocycles. The molecule has 1 atom stereocenters. The number of sulfonamides is 1. The van der Waals surface area contributed by atoms with Crippen molar-refractivity contribution < 1.29 is 13.2 Å². The fourth-order valence-corrected chi connectivity index (χ4v) is 3.92. The van der Waals surface area contributed by atoms with E-state index in [0.717, 1.165) is 13.0 Å². The number of hydrogen-bond donors (Lipinski definition) is 2. The highest BCUT2D eigenvalue weighted by molar-refractivity contribution is 14.0. The van der Waals surface area contributed by atoms with Gasteiger partial charge in [0.2, 0.25) is 10.0 Å². The van der Waals surface area contributed by atoms with Gasteiger partial charge in [-0.05, 0) is 26.2 Å². The van der Waals surface area contributed by atoms with E-state index in [1.54, 1.807) is 0 Å². The molecule has 158 valence electrons. The van der Waals surface area contributed by atoms with Gasteiger partial charge in [-0.15, -0.1) is 24.0 Å². The smallest absolute Gasteiger partial charge is 0.215 e. The summed E-state index contributed by atoms with van der Waals surface area (Å²) in [6, 6.07) is 0. The molecule has 7 nitrogen and oxygen atoms in total. The molecule has 0 radical (unpaired) electrons. The van der Waals surface area contributed by atoms with E-state index in [-0.39, 0.29) is 35.8 Å². The monoisotopic (exact) mass is 506 g/mol. The van der Waals surface area contributed by atoms with Gasteiger partial charge in [-0.25, -0.2) is 12.7 Å². The zero-order chi connectivity index (χ0) is 19.3. The van der Waals surface area contributed by atoms with Crippen molar-refractivity contribution in [3.05, 3.63) is 0 Å². The van der Waals surface area contributed by atoms with Crippen molar-refractivity contribution in [1.82, 2.24) is 14.9 Å². The summed E-state index contributed by atoms with van der Waals surface area (Å²) in [6.45, 7) is 15.4. The molecule has 0 heterocycles. The van der Waals surface area contributed by atoms with Crippen molar-refractivity contribution in [1.29, 1.82) is 0 Å². The van der Waals surface area contributed by atoms with Gasteiger partial charge >= 0.3 is 0 Å². The predicted octanol–water partition coefficient (Wildman–Crippen LogP) is 2.28. The number of nitrogens with one attached hydrogen (secondary N) is 2. The van der Waals surface area contributed by atoms with Crippen LogP contribution < -0.4 is 10.6 Å². The van der Waals surface area contributed by atoms with Crippen LogP contribution in [0.25, 0.3) is 0 Å². The largest absolute Gasteiger partial charge is 0.378 e. The molecule has 0 aromatic carbocycles. The van der Waals surface area contributed by atoms with E-state index in [1.165, 1.54) is 4.31 Å². The molecule has 0 fully saturated rings. The Hall–Kier alpha value is -0.130. The number of ether oxygens (including phenoxy) is 1. The zero-order valence-electron chi connectivity index (χ0n) is 17.2. The van der Waals surface area contributed by atoms with Crippen LogP contribution in [0.15, 0.2) is 4.99 Å². The lowest BCUT2D eigenvalue weighted by atomic mass is 10.0. The number of guanidine groups is 1. The number of rotatable bonds is 13. The van der Waals surface area contributed by atoms with E-state index in [1.807, 2.05) is 27.7 Å². The third-order valence-corrected chi connectivity index (χ3v) is 5.93. The second-order valence-electron chi connectivity index (χ2n) is 6.11. The summed E-state index contributed by atoms with van der Waals surface area (Å²) in [5.74, 6) is 1.16. The van der Waals surface area contributed by atoms with Crippen LogP contribution in [0.2, 0.25) is 0 Å². The van der Waals surface area contributed by atoms with Gasteiger partial charge in [0.25, 0.3) is 0 Å². The standard InChI is InChI=1S/C17H38N4O3S.HI/c1-7-18-17(19-12-11-16(15(5)6)24-10-4)20-13-14-25(22,23)21(8-2)9-3;/h15-16H,7-14H2,1-6H3,(H2,18,19,20);1H. The predicted molar refractivity (Wildman–Crippen MR) is 121 cm³/mol. The third kappa shape index (κ3) is 11.6. The van der Waals surface area contributed by atoms with E-state index in [2.05, 4.69) is 29.5 Å².